The highest BCUT2D eigenvalue weighted by molar-refractivity contribution is 5.91. The number of phenolic OH excluding ortho intramolecular Hbond substituents is 3. The third-order valence-electron chi connectivity index (χ3n) is 7.89. The number of phenols is 3. The molecule has 2 fully saturated rings. The van der Waals surface area contributed by atoms with Crippen molar-refractivity contribution in [1.82, 2.24) is 0 Å². The summed E-state index contributed by atoms with van der Waals surface area (Å²) in [4.78, 5) is 13.9. The van der Waals surface area contributed by atoms with E-state index in [1.165, 1.54) is 26.4 Å². The van der Waals surface area contributed by atoms with Gasteiger partial charge in [0.1, 0.15) is 59.8 Å². The van der Waals surface area contributed by atoms with Crippen LogP contribution in [0.5, 0.6) is 34.5 Å². The Bertz CT molecular complexity index is 1640. The van der Waals surface area contributed by atoms with E-state index in [1.54, 1.807) is 0 Å². The Morgan fingerprint density at radius 2 is 1.40 bits per heavy atom. The van der Waals surface area contributed by atoms with Crippen LogP contribution in [-0.2, 0) is 14.2 Å². The van der Waals surface area contributed by atoms with Crippen LogP contribution in [0.1, 0.15) is 0 Å². The molecule has 0 unspecified atom stereocenters. The zero-order chi connectivity index (χ0) is 34.3. The van der Waals surface area contributed by atoms with Gasteiger partial charge in [-0.3, -0.25) is 4.79 Å². The molecule has 0 radical (unpaired) electrons. The van der Waals surface area contributed by atoms with Gasteiger partial charge in [-0.15, -0.1) is 0 Å². The van der Waals surface area contributed by atoms with Gasteiger partial charge >= 0.3 is 0 Å². The lowest BCUT2D eigenvalue weighted by Gasteiger charge is -2.45. The molecule has 2 aliphatic rings. The number of hydrogen-bond acceptors (Lipinski definition) is 18. The second-order valence-electron chi connectivity index (χ2n) is 10.7. The summed E-state index contributed by atoms with van der Waals surface area (Å²) in [7, 11) is 2.48. The summed E-state index contributed by atoms with van der Waals surface area (Å²) >= 11 is 0. The molecule has 3 aromatic rings. The van der Waals surface area contributed by atoms with Crippen LogP contribution in [0.4, 0.5) is 0 Å². The molecular weight excluding hydrogens is 636 g/mol. The van der Waals surface area contributed by atoms with Gasteiger partial charge in [0.25, 0.3) is 0 Å². The monoisotopic (exact) mass is 670 g/mol. The average molecular weight is 671 g/mol. The first-order valence-electron chi connectivity index (χ1n) is 14.1. The Morgan fingerprint density at radius 1 is 0.745 bits per heavy atom. The van der Waals surface area contributed by atoms with E-state index in [0.29, 0.717) is 0 Å². The minimum Gasteiger partial charge on any atom is -0.504 e. The van der Waals surface area contributed by atoms with E-state index in [4.69, 9.17) is 32.8 Å². The van der Waals surface area contributed by atoms with Crippen molar-refractivity contribution in [3.05, 3.63) is 34.5 Å². The topological polar surface area (TPSA) is 288 Å². The highest BCUT2D eigenvalue weighted by atomic mass is 16.7. The lowest BCUT2D eigenvalue weighted by atomic mass is 9.97. The molecule has 3 heterocycles. The van der Waals surface area contributed by atoms with Gasteiger partial charge < -0.3 is 83.9 Å². The van der Waals surface area contributed by atoms with Crippen molar-refractivity contribution in [3.63, 3.8) is 0 Å². The summed E-state index contributed by atoms with van der Waals surface area (Å²) in [5.74, 6) is -3.17. The number of benzene rings is 2. The number of aliphatic hydroxyl groups excluding tert-OH is 7. The number of methoxy groups -OCH3 is 2. The standard InChI is InChI=1S/C29H34O18/c1-41-13-6-12-16(18(35)25(13)42-2)19(36)27(24(43-12)9-3-4-10(32)11(33)5-9)47-29-23(40)21(38)26(15(8-31)45-29)46-28-22(39)20(37)17(34)14(7-30)44-28/h3-6,14-15,17,20-23,26,28-35,37-40H,7-8H2,1-2H3/t14-,15-,17-,20+,21-,22-,23-,26-,28+,29+/m1/s1. The van der Waals surface area contributed by atoms with Crippen LogP contribution in [0, 0.1) is 0 Å². The Kier molecular flexibility index (Phi) is 9.99. The second-order valence-corrected chi connectivity index (χ2v) is 10.7. The van der Waals surface area contributed by atoms with Gasteiger partial charge in [0.15, 0.2) is 35.0 Å². The lowest BCUT2D eigenvalue weighted by Crippen LogP contribution is -2.65. The number of ether oxygens (including phenoxy) is 6. The normalized spacial score (nSPS) is 31.1. The molecule has 10 atom stereocenters. The van der Waals surface area contributed by atoms with E-state index in [9.17, 15) is 55.9 Å². The Morgan fingerprint density at radius 3 is 2.02 bits per heavy atom. The van der Waals surface area contributed by atoms with Gasteiger partial charge in [-0.1, -0.05) is 0 Å². The van der Waals surface area contributed by atoms with Crippen LogP contribution in [0.3, 0.4) is 0 Å². The van der Waals surface area contributed by atoms with Crippen LogP contribution in [0.15, 0.2) is 33.5 Å². The molecule has 18 heteroatoms. The third kappa shape index (κ3) is 6.11. The summed E-state index contributed by atoms with van der Waals surface area (Å²) in [5, 5.41) is 103. The highest BCUT2D eigenvalue weighted by Crippen LogP contribution is 2.45. The lowest BCUT2D eigenvalue weighted by molar-refractivity contribution is -0.352. The van der Waals surface area contributed by atoms with E-state index >= 15 is 0 Å². The van der Waals surface area contributed by atoms with Crippen molar-refractivity contribution >= 4 is 11.0 Å². The molecule has 47 heavy (non-hydrogen) atoms. The number of aliphatic hydroxyl groups is 7. The highest BCUT2D eigenvalue weighted by Gasteiger charge is 2.51. The number of hydrogen-bond donors (Lipinski definition) is 10. The summed E-state index contributed by atoms with van der Waals surface area (Å²) in [6.07, 6.45) is -17.8. The van der Waals surface area contributed by atoms with Crippen molar-refractivity contribution in [1.29, 1.82) is 0 Å². The smallest absolute Gasteiger partial charge is 0.239 e. The van der Waals surface area contributed by atoms with Gasteiger partial charge in [-0.05, 0) is 18.2 Å². The Balaban J connectivity index is 1.54. The van der Waals surface area contributed by atoms with Crippen molar-refractivity contribution in [3.8, 4) is 45.8 Å². The quantitative estimate of drug-likeness (QED) is 0.106. The molecule has 2 aromatic carbocycles. The molecule has 2 saturated heterocycles. The fourth-order valence-corrected chi connectivity index (χ4v) is 5.36. The van der Waals surface area contributed by atoms with E-state index in [0.717, 1.165) is 12.1 Å². The molecule has 5 rings (SSSR count). The van der Waals surface area contributed by atoms with Gasteiger partial charge in [-0.25, -0.2) is 0 Å². The van der Waals surface area contributed by atoms with Crippen molar-refractivity contribution < 1.29 is 83.9 Å². The molecule has 0 spiro atoms. The maximum absolute atomic E-state index is 13.9. The molecule has 10 N–H and O–H groups in total. The number of rotatable bonds is 9. The predicted molar refractivity (Wildman–Crippen MR) is 153 cm³/mol. The molecule has 0 amide bonds. The largest absolute Gasteiger partial charge is 0.504 e. The molecule has 258 valence electrons. The first kappa shape index (κ1) is 34.4. The van der Waals surface area contributed by atoms with Gasteiger partial charge in [-0.2, -0.15) is 0 Å². The Hall–Kier alpha value is -3.95. The van der Waals surface area contributed by atoms with E-state index in [2.05, 4.69) is 0 Å². The van der Waals surface area contributed by atoms with Gasteiger partial charge in [0, 0.05) is 11.6 Å². The maximum Gasteiger partial charge on any atom is 0.239 e. The zero-order valence-corrected chi connectivity index (χ0v) is 24.7. The fourth-order valence-electron chi connectivity index (χ4n) is 5.36. The Labute approximate surface area is 264 Å². The molecule has 18 nitrogen and oxygen atoms in total. The summed E-state index contributed by atoms with van der Waals surface area (Å²) in [6, 6.07) is 4.60. The van der Waals surface area contributed by atoms with Crippen molar-refractivity contribution in [2.45, 2.75) is 61.4 Å². The van der Waals surface area contributed by atoms with Gasteiger partial charge in [0.2, 0.25) is 23.2 Å². The minimum atomic E-state index is -2.05. The van der Waals surface area contributed by atoms with Crippen molar-refractivity contribution in [2.75, 3.05) is 27.4 Å². The summed E-state index contributed by atoms with van der Waals surface area (Å²) < 4.78 is 38.5. The molecule has 1 aromatic heterocycles. The van der Waals surface area contributed by atoms with E-state index in [-0.39, 0.29) is 22.6 Å². The zero-order valence-electron chi connectivity index (χ0n) is 24.7. The predicted octanol–water partition coefficient (Wildman–Crippen LogP) is -2.40. The molecule has 0 saturated carbocycles. The number of aromatic hydroxyl groups is 3. The molecule has 2 aliphatic heterocycles. The second kappa shape index (κ2) is 13.6. The molecular formula is C29H34O18. The fraction of sp³-hybridized carbons (Fsp3) is 0.483. The van der Waals surface area contributed by atoms with Crippen LogP contribution in [0.2, 0.25) is 0 Å². The first-order chi connectivity index (χ1) is 22.4. The minimum absolute atomic E-state index is 0.0146. The van der Waals surface area contributed by atoms with Crippen LogP contribution >= 0.6 is 0 Å². The molecule has 0 aliphatic carbocycles. The molecule has 0 bridgehead atoms. The maximum atomic E-state index is 13.9. The van der Waals surface area contributed by atoms with Crippen LogP contribution in [0.25, 0.3) is 22.3 Å². The average Bonchev–Trinajstić information content (AvgIpc) is 3.06. The van der Waals surface area contributed by atoms with Gasteiger partial charge in [0.05, 0.1) is 27.4 Å². The van der Waals surface area contributed by atoms with E-state index < -0.39 is 114 Å². The SMILES string of the molecule is COc1cc2oc(-c3ccc(O)c(O)c3)c(O[C@@H]3O[C@H](CO)[C@@H](O[C@@H]4O[C@H](CO)[C@@H](O)[C@H](O)[C@H]4O)[C@H](O)[C@H]3O)c(=O)c2c(O)c1OC. The van der Waals surface area contributed by atoms with Crippen LogP contribution in [-0.4, -0.2) is 140 Å². The summed E-state index contributed by atoms with van der Waals surface area (Å²) in [6.45, 7) is -1.67. The van der Waals surface area contributed by atoms with Crippen LogP contribution < -0.4 is 19.6 Å². The third-order valence-corrected chi connectivity index (χ3v) is 7.89. The van der Waals surface area contributed by atoms with Crippen molar-refractivity contribution in [2.24, 2.45) is 0 Å². The van der Waals surface area contributed by atoms with E-state index in [1.807, 2.05) is 0 Å². The number of fused-ring (bicyclic) bond motifs is 1. The summed E-state index contributed by atoms with van der Waals surface area (Å²) in [5.41, 5.74) is -1.30. The first-order valence-corrected chi connectivity index (χ1v) is 14.1.